The lowest BCUT2D eigenvalue weighted by molar-refractivity contribution is -0.496. The van der Waals surface area contributed by atoms with Crippen molar-refractivity contribution in [3.05, 3.63) is 28.1 Å². The summed E-state index contributed by atoms with van der Waals surface area (Å²) in [4.78, 5) is 9.93. The highest BCUT2D eigenvalue weighted by molar-refractivity contribution is 5.02. The molecule has 1 aliphatic rings. The molecule has 0 spiro atoms. The first-order valence-corrected chi connectivity index (χ1v) is 5.02. The molecular formula is C9H13N3O3. The van der Waals surface area contributed by atoms with Gasteiger partial charge in [0, 0.05) is 17.7 Å². The van der Waals surface area contributed by atoms with E-state index in [2.05, 4.69) is 5.10 Å². The van der Waals surface area contributed by atoms with E-state index in [9.17, 15) is 10.1 Å². The lowest BCUT2D eigenvalue weighted by Gasteiger charge is -2.22. The van der Waals surface area contributed by atoms with Crippen LogP contribution >= 0.6 is 0 Å². The van der Waals surface area contributed by atoms with Crippen molar-refractivity contribution in [3.8, 4) is 0 Å². The van der Waals surface area contributed by atoms with E-state index in [1.807, 2.05) is 0 Å². The van der Waals surface area contributed by atoms with E-state index < -0.39 is 0 Å². The van der Waals surface area contributed by atoms with Crippen molar-refractivity contribution in [1.82, 2.24) is 9.78 Å². The van der Waals surface area contributed by atoms with E-state index >= 15 is 0 Å². The summed E-state index contributed by atoms with van der Waals surface area (Å²) in [6.45, 7) is 0.571. The summed E-state index contributed by atoms with van der Waals surface area (Å²) in [5.74, 6) is 0. The number of nitro groups is 1. The number of nitrogens with zero attached hydrogens (tertiary/aromatic N) is 3. The van der Waals surface area contributed by atoms with Crippen LogP contribution in [0, 0.1) is 10.1 Å². The van der Waals surface area contributed by atoms with Crippen LogP contribution in [0.3, 0.4) is 0 Å². The Kier molecular flexibility index (Phi) is 2.96. The highest BCUT2D eigenvalue weighted by Gasteiger charge is 2.17. The van der Waals surface area contributed by atoms with Gasteiger partial charge in [-0.2, -0.15) is 5.10 Å². The Morgan fingerprint density at radius 1 is 1.67 bits per heavy atom. The van der Waals surface area contributed by atoms with E-state index in [0.717, 1.165) is 25.9 Å². The molecule has 1 aromatic rings. The molecule has 1 atom stereocenters. The minimum atomic E-state index is -0.358. The molecule has 2 rings (SSSR count). The van der Waals surface area contributed by atoms with Crippen LogP contribution in [0.4, 0.5) is 0 Å². The van der Waals surface area contributed by atoms with Gasteiger partial charge in [-0.3, -0.25) is 10.1 Å². The molecule has 1 fully saturated rings. The Bertz CT molecular complexity index is 344. The predicted octanol–water partition coefficient (Wildman–Crippen LogP) is 1.36. The molecule has 1 unspecified atom stereocenters. The largest absolute Gasteiger partial charge is 0.357 e. The summed E-state index contributed by atoms with van der Waals surface area (Å²) >= 11 is 0. The Morgan fingerprint density at radius 3 is 3.20 bits per heavy atom. The molecule has 0 aromatic carbocycles. The van der Waals surface area contributed by atoms with Gasteiger partial charge in [-0.05, 0) is 19.3 Å². The molecule has 0 saturated carbocycles. The quantitative estimate of drug-likeness (QED) is 0.559. The van der Waals surface area contributed by atoms with Crippen LogP contribution in [-0.2, 0) is 11.3 Å². The van der Waals surface area contributed by atoms with Crippen LogP contribution in [0.2, 0.25) is 0 Å². The SMILES string of the molecule is O=[N+]([O-])Cc1cnn(C2CCCCO2)c1. The first kappa shape index (κ1) is 10.1. The molecule has 2 heterocycles. The van der Waals surface area contributed by atoms with Crippen molar-refractivity contribution in [2.24, 2.45) is 0 Å². The van der Waals surface area contributed by atoms with Crippen molar-refractivity contribution in [2.75, 3.05) is 6.61 Å². The molecule has 0 radical (unpaired) electrons. The van der Waals surface area contributed by atoms with Crippen molar-refractivity contribution in [3.63, 3.8) is 0 Å². The van der Waals surface area contributed by atoms with Gasteiger partial charge in [0.05, 0.1) is 11.8 Å². The monoisotopic (exact) mass is 211 g/mol. The lowest BCUT2D eigenvalue weighted by Crippen LogP contribution is -2.18. The van der Waals surface area contributed by atoms with E-state index in [1.54, 1.807) is 10.9 Å². The minimum Gasteiger partial charge on any atom is -0.357 e. The highest BCUT2D eigenvalue weighted by atomic mass is 16.6. The van der Waals surface area contributed by atoms with Crippen molar-refractivity contribution in [2.45, 2.75) is 32.0 Å². The fraction of sp³-hybridized carbons (Fsp3) is 0.667. The normalized spacial score (nSPS) is 21.5. The molecular weight excluding hydrogens is 198 g/mol. The average Bonchev–Trinajstić information content (AvgIpc) is 2.67. The number of hydrogen-bond donors (Lipinski definition) is 0. The van der Waals surface area contributed by atoms with E-state index in [1.165, 1.54) is 6.20 Å². The topological polar surface area (TPSA) is 70.2 Å². The smallest absolute Gasteiger partial charge is 0.231 e. The number of hydrogen-bond acceptors (Lipinski definition) is 4. The molecule has 0 N–H and O–H groups in total. The third kappa shape index (κ3) is 2.53. The summed E-state index contributed by atoms with van der Waals surface area (Å²) in [6.07, 6.45) is 6.31. The Morgan fingerprint density at radius 2 is 2.53 bits per heavy atom. The molecule has 6 nitrogen and oxygen atoms in total. The van der Waals surface area contributed by atoms with Crippen LogP contribution < -0.4 is 0 Å². The Labute approximate surface area is 87.0 Å². The Hall–Kier alpha value is -1.43. The zero-order valence-corrected chi connectivity index (χ0v) is 8.33. The molecule has 82 valence electrons. The molecule has 0 aliphatic carbocycles. The first-order valence-electron chi connectivity index (χ1n) is 5.02. The van der Waals surface area contributed by atoms with Gasteiger partial charge in [0.15, 0.2) is 0 Å². The first-order chi connectivity index (χ1) is 7.25. The highest BCUT2D eigenvalue weighted by Crippen LogP contribution is 2.21. The zero-order valence-electron chi connectivity index (χ0n) is 8.33. The minimum absolute atomic E-state index is 0.0424. The summed E-state index contributed by atoms with van der Waals surface area (Å²) in [6, 6.07) is 0. The van der Waals surface area contributed by atoms with E-state index in [-0.39, 0.29) is 17.7 Å². The number of aromatic nitrogens is 2. The second-order valence-electron chi connectivity index (χ2n) is 3.64. The second kappa shape index (κ2) is 4.39. The molecule has 1 aromatic heterocycles. The summed E-state index contributed by atoms with van der Waals surface area (Å²) in [7, 11) is 0. The van der Waals surface area contributed by atoms with Gasteiger partial charge in [-0.15, -0.1) is 0 Å². The van der Waals surface area contributed by atoms with Crippen LogP contribution in [-0.4, -0.2) is 21.3 Å². The maximum Gasteiger partial charge on any atom is 0.231 e. The van der Waals surface area contributed by atoms with Gasteiger partial charge >= 0.3 is 0 Å². The molecule has 0 bridgehead atoms. The second-order valence-corrected chi connectivity index (χ2v) is 3.64. The van der Waals surface area contributed by atoms with Gasteiger partial charge in [-0.1, -0.05) is 0 Å². The van der Waals surface area contributed by atoms with Crippen LogP contribution in [0.1, 0.15) is 31.1 Å². The average molecular weight is 211 g/mol. The van der Waals surface area contributed by atoms with Gasteiger partial charge in [-0.25, -0.2) is 4.68 Å². The predicted molar refractivity (Wildman–Crippen MR) is 51.8 cm³/mol. The summed E-state index contributed by atoms with van der Waals surface area (Å²) < 4.78 is 7.19. The standard InChI is InChI=1S/C9H13N3O3/c13-12(14)7-8-5-10-11(6-8)9-3-1-2-4-15-9/h5-6,9H,1-4,7H2. The molecule has 1 aliphatic heterocycles. The van der Waals surface area contributed by atoms with Crippen LogP contribution in [0.25, 0.3) is 0 Å². The molecule has 15 heavy (non-hydrogen) atoms. The van der Waals surface area contributed by atoms with Crippen molar-refractivity contribution >= 4 is 0 Å². The van der Waals surface area contributed by atoms with Crippen molar-refractivity contribution < 1.29 is 9.66 Å². The van der Waals surface area contributed by atoms with Crippen LogP contribution in [0.5, 0.6) is 0 Å². The third-order valence-electron chi connectivity index (χ3n) is 2.42. The summed E-state index contributed by atoms with van der Waals surface area (Å²) in [5.41, 5.74) is 0.620. The fourth-order valence-corrected chi connectivity index (χ4v) is 1.70. The Balaban J connectivity index is 2.02. The zero-order chi connectivity index (χ0) is 10.7. The number of ether oxygens (including phenoxy) is 1. The molecule has 1 saturated heterocycles. The molecule has 0 amide bonds. The maximum absolute atomic E-state index is 10.3. The fourth-order valence-electron chi connectivity index (χ4n) is 1.70. The molecule has 6 heteroatoms. The van der Waals surface area contributed by atoms with Gasteiger partial charge in [0.2, 0.25) is 6.54 Å². The van der Waals surface area contributed by atoms with E-state index in [4.69, 9.17) is 4.74 Å². The van der Waals surface area contributed by atoms with E-state index in [0.29, 0.717) is 5.56 Å². The van der Waals surface area contributed by atoms with Gasteiger partial charge in [0.1, 0.15) is 6.23 Å². The maximum atomic E-state index is 10.3. The van der Waals surface area contributed by atoms with Gasteiger partial charge in [0.25, 0.3) is 0 Å². The summed E-state index contributed by atoms with van der Waals surface area (Å²) in [5, 5.41) is 14.4. The third-order valence-corrected chi connectivity index (χ3v) is 2.42. The van der Waals surface area contributed by atoms with Crippen LogP contribution in [0.15, 0.2) is 12.4 Å². The van der Waals surface area contributed by atoms with Gasteiger partial charge < -0.3 is 4.74 Å². The van der Waals surface area contributed by atoms with Crippen molar-refractivity contribution in [1.29, 1.82) is 0 Å². The number of rotatable bonds is 3. The lowest BCUT2D eigenvalue weighted by atomic mass is 10.2.